The number of halogens is 1. The molecule has 0 unspecified atom stereocenters. The van der Waals surface area contributed by atoms with Crippen LogP contribution in [0.1, 0.15) is 0 Å². The molecule has 4 nitrogen and oxygen atoms in total. The zero-order valence-electron chi connectivity index (χ0n) is 10.2. The summed E-state index contributed by atoms with van der Waals surface area (Å²) in [6, 6.07) is 9.78. The van der Waals surface area contributed by atoms with E-state index in [2.05, 4.69) is 9.67 Å². The summed E-state index contributed by atoms with van der Waals surface area (Å²) in [5, 5.41) is 6.17. The molecule has 5 heteroatoms. The van der Waals surface area contributed by atoms with Gasteiger partial charge in [-0.05, 0) is 18.2 Å². The lowest BCUT2D eigenvalue weighted by Gasteiger charge is -2.00. The van der Waals surface area contributed by atoms with E-state index in [4.69, 9.17) is 17.3 Å². The molecule has 0 fully saturated rings. The minimum Gasteiger partial charge on any atom is -0.384 e. The van der Waals surface area contributed by atoms with Crippen molar-refractivity contribution in [1.82, 2.24) is 14.3 Å². The summed E-state index contributed by atoms with van der Waals surface area (Å²) in [7, 11) is 3.83. The molecule has 3 aromatic rings. The molecule has 0 radical (unpaired) electrons. The van der Waals surface area contributed by atoms with Crippen molar-refractivity contribution >= 4 is 28.3 Å². The van der Waals surface area contributed by atoms with Crippen molar-refractivity contribution in [3.8, 4) is 11.4 Å². The molecule has 18 heavy (non-hydrogen) atoms. The number of nitrogens with two attached hydrogens (primary N) is 1. The van der Waals surface area contributed by atoms with Crippen LogP contribution in [-0.4, -0.2) is 14.3 Å². The lowest BCUT2D eigenvalue weighted by atomic mass is 10.2. The maximum absolute atomic E-state index is 6.20. The van der Waals surface area contributed by atoms with Gasteiger partial charge in [-0.25, -0.2) is 0 Å². The van der Waals surface area contributed by atoms with E-state index in [0.717, 1.165) is 27.3 Å². The summed E-state index contributed by atoms with van der Waals surface area (Å²) in [6.07, 6.45) is 0. The SMILES string of the molecule is Cn1nc(-c2cc3c(Cl)cccc3n2C)cc1N. The van der Waals surface area contributed by atoms with Crippen molar-refractivity contribution < 1.29 is 0 Å². The minimum atomic E-state index is 0.640. The van der Waals surface area contributed by atoms with Gasteiger partial charge in [0.05, 0.1) is 5.69 Å². The van der Waals surface area contributed by atoms with Gasteiger partial charge in [-0.2, -0.15) is 5.10 Å². The van der Waals surface area contributed by atoms with Crippen LogP contribution in [0, 0.1) is 0 Å². The Morgan fingerprint density at radius 1 is 1.22 bits per heavy atom. The van der Waals surface area contributed by atoms with Crippen LogP contribution in [0.3, 0.4) is 0 Å². The lowest BCUT2D eigenvalue weighted by molar-refractivity contribution is 0.779. The van der Waals surface area contributed by atoms with E-state index < -0.39 is 0 Å². The molecule has 0 aliphatic rings. The lowest BCUT2D eigenvalue weighted by Crippen LogP contribution is -1.97. The fraction of sp³-hybridized carbons (Fsp3) is 0.154. The highest BCUT2D eigenvalue weighted by molar-refractivity contribution is 6.35. The molecule has 1 aromatic carbocycles. The van der Waals surface area contributed by atoms with E-state index >= 15 is 0 Å². The number of nitrogens with zero attached hydrogens (tertiary/aromatic N) is 3. The minimum absolute atomic E-state index is 0.640. The predicted molar refractivity (Wildman–Crippen MR) is 74.5 cm³/mol. The van der Waals surface area contributed by atoms with Crippen LogP contribution in [0.5, 0.6) is 0 Å². The number of aryl methyl sites for hydroxylation is 2. The van der Waals surface area contributed by atoms with E-state index in [-0.39, 0.29) is 0 Å². The van der Waals surface area contributed by atoms with Gasteiger partial charge in [-0.3, -0.25) is 4.68 Å². The molecule has 0 aliphatic carbocycles. The van der Waals surface area contributed by atoms with Gasteiger partial charge >= 0.3 is 0 Å². The molecule has 2 aromatic heterocycles. The first-order chi connectivity index (χ1) is 8.58. The van der Waals surface area contributed by atoms with Crippen molar-refractivity contribution in [2.75, 3.05) is 5.73 Å². The van der Waals surface area contributed by atoms with Gasteiger partial charge in [-0.1, -0.05) is 17.7 Å². The Morgan fingerprint density at radius 2 is 2.00 bits per heavy atom. The number of nitrogen functional groups attached to an aromatic ring is 1. The number of anilines is 1. The average Bonchev–Trinajstić information content (AvgIpc) is 2.83. The molecule has 92 valence electrons. The van der Waals surface area contributed by atoms with E-state index in [9.17, 15) is 0 Å². The zero-order valence-corrected chi connectivity index (χ0v) is 10.9. The zero-order chi connectivity index (χ0) is 12.9. The molecule has 0 amide bonds. The third kappa shape index (κ3) is 1.49. The molecule has 0 saturated heterocycles. The second-order valence-electron chi connectivity index (χ2n) is 4.34. The summed E-state index contributed by atoms with van der Waals surface area (Å²) in [5.74, 6) is 0.640. The van der Waals surface area contributed by atoms with Crippen LogP contribution < -0.4 is 5.73 Å². The summed E-state index contributed by atoms with van der Waals surface area (Å²) in [5.41, 5.74) is 8.76. The highest BCUT2D eigenvalue weighted by atomic mass is 35.5. The van der Waals surface area contributed by atoms with Crippen LogP contribution in [0.2, 0.25) is 5.02 Å². The molecule has 2 N–H and O–H groups in total. The summed E-state index contributed by atoms with van der Waals surface area (Å²) in [4.78, 5) is 0. The van der Waals surface area contributed by atoms with Gasteiger partial charge in [0.25, 0.3) is 0 Å². The van der Waals surface area contributed by atoms with E-state index in [1.54, 1.807) is 4.68 Å². The van der Waals surface area contributed by atoms with Crippen molar-refractivity contribution in [2.24, 2.45) is 14.1 Å². The van der Waals surface area contributed by atoms with Crippen LogP contribution in [0.4, 0.5) is 5.82 Å². The Morgan fingerprint density at radius 3 is 2.61 bits per heavy atom. The maximum atomic E-state index is 6.20. The quantitative estimate of drug-likeness (QED) is 0.731. The summed E-state index contributed by atoms with van der Waals surface area (Å²) >= 11 is 6.20. The van der Waals surface area contributed by atoms with Crippen molar-refractivity contribution in [1.29, 1.82) is 0 Å². The van der Waals surface area contributed by atoms with Gasteiger partial charge in [0.2, 0.25) is 0 Å². The molecule has 3 rings (SSSR count). The number of hydrogen-bond acceptors (Lipinski definition) is 2. The second kappa shape index (κ2) is 3.78. The van der Waals surface area contributed by atoms with Crippen LogP contribution in [-0.2, 0) is 14.1 Å². The Hall–Kier alpha value is -1.94. The summed E-state index contributed by atoms with van der Waals surface area (Å²) in [6.45, 7) is 0. The molecule has 0 atom stereocenters. The van der Waals surface area contributed by atoms with Crippen LogP contribution in [0.25, 0.3) is 22.3 Å². The van der Waals surface area contributed by atoms with Gasteiger partial charge in [0, 0.05) is 36.1 Å². The normalized spacial score (nSPS) is 11.3. The van der Waals surface area contributed by atoms with Gasteiger partial charge < -0.3 is 10.3 Å². The first-order valence-electron chi connectivity index (χ1n) is 5.62. The van der Waals surface area contributed by atoms with Crippen molar-refractivity contribution in [3.05, 3.63) is 35.4 Å². The van der Waals surface area contributed by atoms with E-state index in [1.807, 2.05) is 44.4 Å². The van der Waals surface area contributed by atoms with E-state index in [1.165, 1.54) is 0 Å². The number of fused-ring (bicyclic) bond motifs is 1. The average molecular weight is 261 g/mol. The van der Waals surface area contributed by atoms with Crippen LogP contribution in [0.15, 0.2) is 30.3 Å². The fourth-order valence-corrected chi connectivity index (χ4v) is 2.40. The second-order valence-corrected chi connectivity index (χ2v) is 4.75. The molecule has 0 spiro atoms. The molecule has 0 aliphatic heterocycles. The molecule has 2 heterocycles. The van der Waals surface area contributed by atoms with Crippen LogP contribution >= 0.6 is 11.6 Å². The highest BCUT2D eigenvalue weighted by Gasteiger charge is 2.13. The number of hydrogen-bond donors (Lipinski definition) is 1. The maximum Gasteiger partial charge on any atom is 0.122 e. The Bertz CT molecular complexity index is 719. The van der Waals surface area contributed by atoms with Crippen molar-refractivity contribution in [2.45, 2.75) is 0 Å². The number of rotatable bonds is 1. The molecular weight excluding hydrogens is 248 g/mol. The van der Waals surface area contributed by atoms with Crippen molar-refractivity contribution in [3.63, 3.8) is 0 Å². The summed E-state index contributed by atoms with van der Waals surface area (Å²) < 4.78 is 3.73. The topological polar surface area (TPSA) is 48.8 Å². The first kappa shape index (κ1) is 11.2. The molecular formula is C13H13ClN4. The number of benzene rings is 1. The molecule has 0 saturated carbocycles. The Balaban J connectivity index is 2.30. The smallest absolute Gasteiger partial charge is 0.122 e. The van der Waals surface area contributed by atoms with Gasteiger partial charge in [0.15, 0.2) is 0 Å². The highest BCUT2D eigenvalue weighted by Crippen LogP contribution is 2.31. The monoisotopic (exact) mass is 260 g/mol. The van der Waals surface area contributed by atoms with Gasteiger partial charge in [-0.15, -0.1) is 0 Å². The van der Waals surface area contributed by atoms with Gasteiger partial charge in [0.1, 0.15) is 11.5 Å². The number of aromatic nitrogens is 3. The standard InChI is InChI=1S/C13H13ClN4/c1-17-11-5-3-4-9(14)8(11)6-12(17)10-7-13(15)18(2)16-10/h3-7H,15H2,1-2H3. The first-order valence-corrected chi connectivity index (χ1v) is 5.99. The largest absolute Gasteiger partial charge is 0.384 e. The molecule has 0 bridgehead atoms. The third-order valence-electron chi connectivity index (χ3n) is 3.21. The third-order valence-corrected chi connectivity index (χ3v) is 3.54. The Labute approximate surface area is 110 Å². The van der Waals surface area contributed by atoms with E-state index in [0.29, 0.717) is 5.82 Å². The Kier molecular flexibility index (Phi) is 2.35. The fourth-order valence-electron chi connectivity index (χ4n) is 2.18. The predicted octanol–water partition coefficient (Wildman–Crippen LogP) is 2.81.